The van der Waals surface area contributed by atoms with Gasteiger partial charge in [0.15, 0.2) is 0 Å². The first-order valence-electron chi connectivity index (χ1n) is 12.4. The summed E-state index contributed by atoms with van der Waals surface area (Å²) in [6, 6.07) is 10.5. The molecule has 2 bridgehead atoms. The van der Waals surface area contributed by atoms with Crippen molar-refractivity contribution in [1.29, 1.82) is 0 Å². The van der Waals surface area contributed by atoms with Crippen LogP contribution in [0.4, 0.5) is 0 Å². The average Bonchev–Trinajstić information content (AvgIpc) is 3.19. The molecule has 0 aromatic heterocycles. The lowest BCUT2D eigenvalue weighted by molar-refractivity contribution is -0.219. The molecule has 0 spiro atoms. The maximum atomic E-state index is 14.3. The number of methoxy groups -OCH3 is 2. The molecule has 0 heterocycles. The topological polar surface area (TPSA) is 44.8 Å². The minimum Gasteiger partial charge on any atom is -0.381 e. The molecule has 3 aliphatic carbocycles. The molecule has 8 atom stereocenters. The van der Waals surface area contributed by atoms with Crippen LogP contribution >= 0.6 is 0 Å². The van der Waals surface area contributed by atoms with Crippen molar-refractivity contribution in [2.24, 2.45) is 34.0 Å². The summed E-state index contributed by atoms with van der Waals surface area (Å²) in [5.41, 5.74) is 0.674. The van der Waals surface area contributed by atoms with Gasteiger partial charge in [0.25, 0.3) is 0 Å². The van der Waals surface area contributed by atoms with Crippen molar-refractivity contribution < 1.29 is 19.0 Å². The molecule has 0 unspecified atom stereocenters. The molecule has 3 aliphatic rings. The Morgan fingerprint density at radius 2 is 1.72 bits per heavy atom. The molecule has 0 aliphatic heterocycles. The van der Waals surface area contributed by atoms with Crippen molar-refractivity contribution in [3.05, 3.63) is 35.9 Å². The van der Waals surface area contributed by atoms with E-state index in [1.807, 2.05) is 13.2 Å². The van der Waals surface area contributed by atoms with Crippen LogP contribution in [0.25, 0.3) is 0 Å². The first-order chi connectivity index (χ1) is 15.2. The number of Topliss-reactive ketones (excluding diaryl/α,β-unsaturated/α-hetero) is 1. The zero-order valence-electron chi connectivity index (χ0n) is 20.9. The second-order valence-corrected chi connectivity index (χ2v) is 11.4. The van der Waals surface area contributed by atoms with E-state index in [1.54, 1.807) is 7.11 Å². The monoisotopic (exact) mass is 442 g/mol. The van der Waals surface area contributed by atoms with Gasteiger partial charge in [-0.3, -0.25) is 4.79 Å². The number of benzene rings is 1. The summed E-state index contributed by atoms with van der Waals surface area (Å²) in [7, 11) is 3.53. The fourth-order valence-corrected chi connectivity index (χ4v) is 8.09. The highest BCUT2D eigenvalue weighted by atomic mass is 16.7. The maximum absolute atomic E-state index is 14.3. The van der Waals surface area contributed by atoms with E-state index in [0.29, 0.717) is 17.6 Å². The lowest BCUT2D eigenvalue weighted by Crippen LogP contribution is -2.63. The molecular formula is C28H42O4. The quantitative estimate of drug-likeness (QED) is 0.532. The van der Waals surface area contributed by atoms with Gasteiger partial charge in [0.05, 0.1) is 12.2 Å². The highest BCUT2D eigenvalue weighted by Crippen LogP contribution is 2.68. The zero-order chi connectivity index (χ0) is 23.1. The van der Waals surface area contributed by atoms with Gasteiger partial charge in [-0.2, -0.15) is 0 Å². The van der Waals surface area contributed by atoms with Crippen LogP contribution in [0.5, 0.6) is 0 Å². The number of ketones is 1. The number of rotatable bonds is 6. The predicted octanol–water partition coefficient (Wildman–Crippen LogP) is 5.68. The molecule has 3 saturated carbocycles. The lowest BCUT2D eigenvalue weighted by Gasteiger charge is -2.62. The van der Waals surface area contributed by atoms with E-state index in [0.717, 1.165) is 38.5 Å². The Morgan fingerprint density at radius 3 is 2.38 bits per heavy atom. The van der Waals surface area contributed by atoms with Crippen LogP contribution < -0.4 is 0 Å². The van der Waals surface area contributed by atoms with Gasteiger partial charge in [-0.05, 0) is 61.3 Å². The van der Waals surface area contributed by atoms with E-state index in [2.05, 4.69) is 52.0 Å². The van der Waals surface area contributed by atoms with Gasteiger partial charge in [-0.15, -0.1) is 0 Å². The van der Waals surface area contributed by atoms with Crippen molar-refractivity contribution in [3.63, 3.8) is 0 Å². The highest BCUT2D eigenvalue weighted by molar-refractivity contribution is 5.88. The summed E-state index contributed by atoms with van der Waals surface area (Å²) >= 11 is 0. The fourth-order valence-electron chi connectivity index (χ4n) is 8.09. The minimum atomic E-state index is -0.472. The zero-order valence-corrected chi connectivity index (χ0v) is 20.9. The first-order valence-corrected chi connectivity index (χ1v) is 12.4. The Bertz CT molecular complexity index is 809. The SMILES string of the molecule is COCO[C@@H]1C[C@@](C)(Cc2ccccc2)C(=O)[C@H](C)[C@]23CC[C@@H](OC)[C@@H]2[C@@]1(C)[C@@H](C)CC3. The van der Waals surface area contributed by atoms with Gasteiger partial charge >= 0.3 is 0 Å². The highest BCUT2D eigenvalue weighted by Gasteiger charge is 2.68. The molecular weight excluding hydrogens is 400 g/mol. The van der Waals surface area contributed by atoms with Crippen LogP contribution in [0.15, 0.2) is 30.3 Å². The number of hydrogen-bond donors (Lipinski definition) is 0. The largest absolute Gasteiger partial charge is 0.381 e. The average molecular weight is 443 g/mol. The van der Waals surface area contributed by atoms with Crippen molar-refractivity contribution in [2.75, 3.05) is 21.0 Å². The Kier molecular flexibility index (Phi) is 6.61. The molecule has 0 saturated heterocycles. The van der Waals surface area contributed by atoms with Gasteiger partial charge in [-0.25, -0.2) is 0 Å². The van der Waals surface area contributed by atoms with Crippen molar-refractivity contribution in [3.8, 4) is 0 Å². The van der Waals surface area contributed by atoms with Gasteiger partial charge in [0, 0.05) is 31.0 Å². The summed E-state index contributed by atoms with van der Waals surface area (Å²) in [5, 5.41) is 0. The van der Waals surface area contributed by atoms with E-state index in [9.17, 15) is 4.79 Å². The molecule has 4 heteroatoms. The van der Waals surface area contributed by atoms with Crippen LogP contribution in [-0.4, -0.2) is 39.0 Å². The third kappa shape index (κ3) is 3.58. The van der Waals surface area contributed by atoms with Crippen molar-refractivity contribution >= 4 is 5.78 Å². The van der Waals surface area contributed by atoms with Crippen molar-refractivity contribution in [1.82, 2.24) is 0 Å². The maximum Gasteiger partial charge on any atom is 0.146 e. The molecule has 3 fully saturated rings. The Morgan fingerprint density at radius 1 is 1.03 bits per heavy atom. The molecule has 32 heavy (non-hydrogen) atoms. The lowest BCUT2D eigenvalue weighted by atomic mass is 9.43. The Balaban J connectivity index is 1.84. The second-order valence-electron chi connectivity index (χ2n) is 11.4. The van der Waals surface area contributed by atoms with E-state index in [-0.39, 0.29) is 35.7 Å². The fraction of sp³-hybridized carbons (Fsp3) is 0.750. The number of ether oxygens (including phenoxy) is 3. The number of carbonyl (C=O) groups is 1. The van der Waals surface area contributed by atoms with E-state index < -0.39 is 5.41 Å². The van der Waals surface area contributed by atoms with E-state index in [1.165, 1.54) is 5.56 Å². The van der Waals surface area contributed by atoms with Crippen LogP contribution in [0.3, 0.4) is 0 Å². The molecule has 4 nitrogen and oxygen atoms in total. The van der Waals surface area contributed by atoms with E-state index in [4.69, 9.17) is 14.2 Å². The molecule has 4 rings (SSSR count). The van der Waals surface area contributed by atoms with Gasteiger partial charge in [0.1, 0.15) is 12.6 Å². The molecule has 0 N–H and O–H groups in total. The van der Waals surface area contributed by atoms with Crippen molar-refractivity contribution in [2.45, 2.75) is 78.4 Å². The van der Waals surface area contributed by atoms with Crippen LogP contribution in [0.1, 0.15) is 65.4 Å². The van der Waals surface area contributed by atoms with Gasteiger partial charge in [-0.1, -0.05) is 58.0 Å². The molecule has 0 radical (unpaired) electrons. The molecule has 1 aromatic rings. The third-order valence-corrected chi connectivity index (χ3v) is 9.97. The molecule has 178 valence electrons. The Labute approximate surface area is 194 Å². The summed E-state index contributed by atoms with van der Waals surface area (Å²) in [4.78, 5) is 14.3. The minimum absolute atomic E-state index is 0.00787. The summed E-state index contributed by atoms with van der Waals surface area (Å²) in [5.74, 6) is 1.26. The smallest absolute Gasteiger partial charge is 0.146 e. The van der Waals surface area contributed by atoms with E-state index >= 15 is 0 Å². The molecule has 1 aromatic carbocycles. The third-order valence-electron chi connectivity index (χ3n) is 9.97. The van der Waals surface area contributed by atoms with Crippen LogP contribution in [-0.2, 0) is 25.4 Å². The standard InChI is InChI=1S/C28H42O4/c1-19-12-14-28-15-13-22(31-6)24(28)27(19,4)23(32-18-30-5)17-26(3,25(29)20(28)2)16-21-10-8-7-9-11-21/h7-11,19-20,22-24H,12-18H2,1-6H3/t19-,20-,22+,23+,24+,26+,27-,28-/m0/s1. The van der Waals surface area contributed by atoms with Crippen LogP contribution in [0, 0.1) is 34.0 Å². The number of carbonyl (C=O) groups excluding carboxylic acids is 1. The van der Waals surface area contributed by atoms with Gasteiger partial charge in [0.2, 0.25) is 0 Å². The molecule has 0 amide bonds. The predicted molar refractivity (Wildman–Crippen MR) is 126 cm³/mol. The number of hydrogen-bond acceptors (Lipinski definition) is 4. The summed E-state index contributed by atoms with van der Waals surface area (Å²) in [6.07, 6.45) is 5.97. The second kappa shape index (κ2) is 8.85. The summed E-state index contributed by atoms with van der Waals surface area (Å²) in [6.45, 7) is 9.49. The van der Waals surface area contributed by atoms with Gasteiger partial charge < -0.3 is 14.2 Å². The normalized spacial score (nSPS) is 44.1. The van der Waals surface area contributed by atoms with Crippen LogP contribution in [0.2, 0.25) is 0 Å². The summed E-state index contributed by atoms with van der Waals surface area (Å²) < 4.78 is 18.0. The Hall–Kier alpha value is -1.23. The first kappa shape index (κ1) is 23.9.